The minimum atomic E-state index is -3.82. The van der Waals surface area contributed by atoms with Crippen molar-refractivity contribution in [1.82, 2.24) is 45.7 Å². The van der Waals surface area contributed by atoms with Crippen molar-refractivity contribution in [2.75, 3.05) is 55.9 Å². The molecule has 8 aromatic rings. The first kappa shape index (κ1) is 72.6. The number of pyridine rings is 2. The number of halogens is 2. The van der Waals surface area contributed by atoms with Crippen molar-refractivity contribution in [2.24, 2.45) is 23.9 Å². The highest BCUT2D eigenvalue weighted by Gasteiger charge is 2.45. The number of aliphatic hydroxyl groups is 1. The van der Waals surface area contributed by atoms with E-state index >= 15 is 4.39 Å². The van der Waals surface area contributed by atoms with Crippen molar-refractivity contribution in [3.8, 4) is 33.1 Å². The zero-order valence-electron chi connectivity index (χ0n) is 55.9. The topological polar surface area (TPSA) is 367 Å². The van der Waals surface area contributed by atoms with Crippen molar-refractivity contribution >= 4 is 84.8 Å². The van der Waals surface area contributed by atoms with E-state index in [9.17, 15) is 51.5 Å². The van der Waals surface area contributed by atoms with Crippen LogP contribution in [0, 0.1) is 24.0 Å². The summed E-state index contributed by atoms with van der Waals surface area (Å²) in [6.45, 7) is 6.81. The molecule has 1 saturated heterocycles. The number of urea groups is 1. The van der Waals surface area contributed by atoms with Gasteiger partial charge in [-0.15, -0.1) is 11.3 Å². The Kier molecular flexibility index (Phi) is 22.8. The van der Waals surface area contributed by atoms with Gasteiger partial charge in [0.2, 0.25) is 23.6 Å². The molecule has 4 aromatic heterocycles. The van der Waals surface area contributed by atoms with Gasteiger partial charge in [0.15, 0.2) is 21.5 Å². The maximum atomic E-state index is 15.8. The number of aromatic nitrogens is 4. The number of carbonyl (C=O) groups is 6. The number of anilines is 3. The Morgan fingerprint density at radius 3 is 2.31 bits per heavy atom. The van der Waals surface area contributed by atoms with Gasteiger partial charge in [0.05, 0.1) is 65.6 Å². The number of amides is 7. The molecule has 2 aliphatic heterocycles. The quantitative estimate of drug-likeness (QED) is 0.0243. The number of rotatable bonds is 28. The van der Waals surface area contributed by atoms with E-state index in [4.69, 9.17) is 25.7 Å². The molecular formula is C70H79F2N13O13S2. The number of β-amino-alcohol motifs (C(OH)–C–C–N with tert-alkyl or cyclic N) is 1. The highest BCUT2D eigenvalue weighted by Crippen LogP contribution is 2.45. The average molecular weight is 1410 g/mol. The van der Waals surface area contributed by atoms with Crippen LogP contribution in [0.15, 0.2) is 114 Å². The van der Waals surface area contributed by atoms with Gasteiger partial charge in [-0.1, -0.05) is 57.2 Å². The lowest BCUT2D eigenvalue weighted by molar-refractivity contribution is -0.144. The number of aliphatic hydroxyl groups excluding tert-OH is 1. The van der Waals surface area contributed by atoms with E-state index in [-0.39, 0.29) is 99.1 Å². The molecule has 30 heteroatoms. The highest BCUT2D eigenvalue weighted by atomic mass is 32.2. The monoisotopic (exact) mass is 1410 g/mol. The number of fused-ring (bicyclic) bond motifs is 2. The molecule has 0 radical (unpaired) electrons. The van der Waals surface area contributed by atoms with Gasteiger partial charge in [-0.05, 0) is 101 Å². The first-order chi connectivity index (χ1) is 47.6. The van der Waals surface area contributed by atoms with Gasteiger partial charge in [0, 0.05) is 91.6 Å². The molecule has 10 rings (SSSR count). The molecule has 0 saturated carbocycles. The third-order valence-corrected chi connectivity index (χ3v) is 18.8. The minimum absolute atomic E-state index is 0.00692. The molecule has 0 spiro atoms. The summed E-state index contributed by atoms with van der Waals surface area (Å²) >= 11 is 1.54. The van der Waals surface area contributed by atoms with Gasteiger partial charge in [-0.25, -0.2) is 32.0 Å². The SMILES string of the molecule is Cc1ncsc1-c1ccc(CNC(=O)[C@@H]2C[C@@H](O)CN2C(=O)[C@@H](NC(=O)COCCc2cc(OCCNC(=O)c3cc4c(cc3CS(C)(=O)=O)-c3cn(C)c(=O)c5[nH]cc(c35)CN4c3ncc(F)cc3F)cc(OCc3ccc(NC(=O)[C@@H](N)CCCNC(N)=O)cc3)c2)C(C)(C)C)cc1. The van der Waals surface area contributed by atoms with Crippen LogP contribution < -0.4 is 58.0 Å². The molecular weight excluding hydrogens is 1330 g/mol. The molecule has 2 aliphatic rings. The lowest BCUT2D eigenvalue weighted by atomic mass is 9.85. The summed E-state index contributed by atoms with van der Waals surface area (Å²) < 4.78 is 76.1. The summed E-state index contributed by atoms with van der Waals surface area (Å²) in [5, 5.41) is 25.1. The number of benzene rings is 4. The van der Waals surface area contributed by atoms with Crippen molar-refractivity contribution in [3.63, 3.8) is 0 Å². The largest absolute Gasteiger partial charge is 0.492 e. The van der Waals surface area contributed by atoms with Crippen LogP contribution in [0.5, 0.6) is 11.5 Å². The minimum Gasteiger partial charge on any atom is -0.492 e. The fraction of sp³-hybridized carbons (Fsp3) is 0.357. The number of nitrogens with zero attached hydrogens (tertiary/aromatic N) is 5. The van der Waals surface area contributed by atoms with Crippen molar-refractivity contribution < 1.29 is 65.3 Å². The molecule has 6 heterocycles. The molecule has 11 N–H and O–H groups in total. The standard InChI is InChI=1S/C70H79F2N13O13S2/c1-39-61(99-38-80-39)43-13-9-40(10-14-43)29-79-66(90)57-26-48(86)33-85(57)68(92)62(70(2,3)4)82-58(87)36-96-20-17-42-22-49(27-50(23-42)98-35-41-11-15-47(16-12-41)81-65(89)55(73)8-7-18-76-69(74)93)97-21-19-75-64(88)51-28-56-52(24-44(51)37-100(6,94)95)53-34-83(5)67(91)60-59(53)45(30-77-60)32-84(56)63-54(72)25-46(71)31-78-63/h9-16,22-25,27-28,30-31,34,38,48,55,57,62,77,86H,7-8,17-21,26,29,32-33,35-37,73H2,1-6H3,(H,75,88)(H,79,90)(H,81,89)(H,82,87)(H3,74,76,93)/t48-,55+,57+,62-/m1/s1. The molecule has 0 aliphatic carbocycles. The predicted octanol–water partition coefficient (Wildman–Crippen LogP) is 6.31. The Hall–Kier alpha value is -10.1. The Bertz CT molecular complexity index is 4560. The number of aromatic amines is 1. The van der Waals surface area contributed by atoms with Crippen LogP contribution in [0.1, 0.15) is 83.9 Å². The van der Waals surface area contributed by atoms with Crippen LogP contribution in [0.4, 0.5) is 30.8 Å². The maximum absolute atomic E-state index is 15.8. The number of H-pyrrole nitrogens is 1. The number of sulfone groups is 1. The third kappa shape index (κ3) is 18.0. The maximum Gasteiger partial charge on any atom is 0.312 e. The molecule has 7 amide bonds. The van der Waals surface area contributed by atoms with E-state index < -0.39 is 99.0 Å². The van der Waals surface area contributed by atoms with Crippen molar-refractivity contribution in [1.29, 1.82) is 0 Å². The molecule has 0 bridgehead atoms. The highest BCUT2D eigenvalue weighted by molar-refractivity contribution is 7.89. The number of nitrogens with two attached hydrogens (primary N) is 2. The van der Waals surface area contributed by atoms with Gasteiger partial charge in [-0.2, -0.15) is 0 Å². The number of ether oxygens (including phenoxy) is 3. The molecule has 528 valence electrons. The summed E-state index contributed by atoms with van der Waals surface area (Å²) in [5.41, 5.74) is 18.2. The second-order valence-corrected chi connectivity index (χ2v) is 28.8. The fourth-order valence-electron chi connectivity index (χ4n) is 12.0. The van der Waals surface area contributed by atoms with Crippen LogP contribution in [0.3, 0.4) is 0 Å². The van der Waals surface area contributed by atoms with Gasteiger partial charge in [-0.3, -0.25) is 28.8 Å². The van der Waals surface area contributed by atoms with Gasteiger partial charge in [0.25, 0.3) is 11.5 Å². The molecule has 4 aromatic carbocycles. The smallest absolute Gasteiger partial charge is 0.312 e. The number of likely N-dealkylation sites (tertiary alicyclic amines) is 1. The number of hydrogen-bond donors (Lipinski definition) is 9. The lowest BCUT2D eigenvalue weighted by Crippen LogP contribution is -2.58. The van der Waals surface area contributed by atoms with Crippen LogP contribution >= 0.6 is 11.3 Å². The fourth-order valence-corrected chi connectivity index (χ4v) is 13.6. The summed E-state index contributed by atoms with van der Waals surface area (Å²) in [4.78, 5) is 109. The Balaban J connectivity index is 0.816. The Morgan fingerprint density at radius 1 is 0.890 bits per heavy atom. The van der Waals surface area contributed by atoms with E-state index in [2.05, 4.69) is 41.5 Å². The molecule has 4 atom stereocenters. The predicted molar refractivity (Wildman–Crippen MR) is 372 cm³/mol. The number of hydrogen-bond acceptors (Lipinski definition) is 18. The summed E-state index contributed by atoms with van der Waals surface area (Å²) in [6, 6.07) is 19.6. The zero-order valence-corrected chi connectivity index (χ0v) is 57.5. The molecule has 0 unspecified atom stereocenters. The number of thiazole rings is 1. The average Bonchev–Trinajstić information content (AvgIpc) is 1.55. The van der Waals surface area contributed by atoms with Crippen molar-refractivity contribution in [3.05, 3.63) is 170 Å². The Labute approximate surface area is 579 Å². The third-order valence-electron chi connectivity index (χ3n) is 17.0. The summed E-state index contributed by atoms with van der Waals surface area (Å²) in [6.07, 6.45) is 5.00. The van der Waals surface area contributed by atoms with E-state index in [1.165, 1.54) is 37.8 Å². The molecule has 1 fully saturated rings. The number of aryl methyl sites for hydroxylation is 2. The summed E-state index contributed by atoms with van der Waals surface area (Å²) in [7, 11) is -2.27. The van der Waals surface area contributed by atoms with E-state index in [1.807, 2.05) is 31.2 Å². The lowest BCUT2D eigenvalue weighted by Gasteiger charge is -2.35. The number of nitrogens with one attached hydrogen (secondary N) is 6. The second kappa shape index (κ2) is 31.4. The van der Waals surface area contributed by atoms with E-state index in [1.54, 1.807) is 88.2 Å². The van der Waals surface area contributed by atoms with Crippen LogP contribution in [0.2, 0.25) is 0 Å². The van der Waals surface area contributed by atoms with Gasteiger partial charge in [0.1, 0.15) is 54.7 Å². The van der Waals surface area contributed by atoms with E-state index in [0.29, 0.717) is 69.3 Å². The number of primary amides is 1. The van der Waals surface area contributed by atoms with Crippen LogP contribution in [-0.2, 0) is 72.7 Å². The van der Waals surface area contributed by atoms with E-state index in [0.717, 1.165) is 34.2 Å². The van der Waals surface area contributed by atoms with Gasteiger partial charge < -0.3 is 76.7 Å². The molecule has 100 heavy (non-hydrogen) atoms. The molecule has 26 nitrogen and oxygen atoms in total. The normalized spacial score (nSPS) is 14.9. The zero-order chi connectivity index (χ0) is 71.7. The first-order valence-corrected chi connectivity index (χ1v) is 35.1. The van der Waals surface area contributed by atoms with Crippen LogP contribution in [0.25, 0.3) is 32.5 Å². The second-order valence-electron chi connectivity index (χ2n) is 25.8. The first-order valence-electron chi connectivity index (χ1n) is 32.2. The Morgan fingerprint density at radius 2 is 1.62 bits per heavy atom. The van der Waals surface area contributed by atoms with Gasteiger partial charge >= 0.3 is 6.03 Å². The van der Waals surface area contributed by atoms with Crippen molar-refractivity contribution in [2.45, 2.75) is 103 Å². The summed E-state index contributed by atoms with van der Waals surface area (Å²) in [5.74, 6) is -4.93. The number of carbonyl (C=O) groups excluding carboxylic acids is 6. The van der Waals surface area contributed by atoms with Crippen LogP contribution in [-0.4, -0.2) is 143 Å².